The SMILES string of the molecule is COCc1cc(CNC(=O)CC(O)c2ccccc2)ccc1F. The molecule has 0 spiro atoms. The van der Waals surface area contributed by atoms with Crippen molar-refractivity contribution in [2.24, 2.45) is 0 Å². The Bertz CT molecular complexity index is 646. The molecule has 0 fully saturated rings. The van der Waals surface area contributed by atoms with Crippen molar-refractivity contribution >= 4 is 5.91 Å². The number of aliphatic hydroxyl groups is 1. The lowest BCUT2D eigenvalue weighted by Gasteiger charge is -2.12. The highest BCUT2D eigenvalue weighted by molar-refractivity contribution is 5.76. The van der Waals surface area contributed by atoms with Crippen LogP contribution >= 0.6 is 0 Å². The summed E-state index contributed by atoms with van der Waals surface area (Å²) >= 11 is 0. The van der Waals surface area contributed by atoms with Gasteiger partial charge in [-0.25, -0.2) is 4.39 Å². The first kappa shape index (κ1) is 17.1. The molecular weight excluding hydrogens is 297 g/mol. The van der Waals surface area contributed by atoms with Crippen molar-refractivity contribution in [2.45, 2.75) is 25.7 Å². The molecule has 2 rings (SSSR count). The van der Waals surface area contributed by atoms with E-state index >= 15 is 0 Å². The maximum absolute atomic E-state index is 13.5. The summed E-state index contributed by atoms with van der Waals surface area (Å²) in [7, 11) is 1.50. The highest BCUT2D eigenvalue weighted by Crippen LogP contribution is 2.16. The molecule has 0 saturated heterocycles. The van der Waals surface area contributed by atoms with Gasteiger partial charge in [0.1, 0.15) is 5.82 Å². The Morgan fingerprint density at radius 2 is 2.00 bits per heavy atom. The molecule has 0 aromatic heterocycles. The number of carbonyl (C=O) groups excluding carboxylic acids is 1. The number of benzene rings is 2. The Morgan fingerprint density at radius 3 is 2.70 bits per heavy atom. The van der Waals surface area contributed by atoms with Crippen molar-refractivity contribution < 1.29 is 19.0 Å². The second-order valence-corrected chi connectivity index (χ2v) is 5.27. The number of hydrogen-bond acceptors (Lipinski definition) is 3. The van der Waals surface area contributed by atoms with Crippen LogP contribution in [0, 0.1) is 5.82 Å². The van der Waals surface area contributed by atoms with Gasteiger partial charge in [0.15, 0.2) is 0 Å². The van der Waals surface area contributed by atoms with E-state index in [9.17, 15) is 14.3 Å². The van der Waals surface area contributed by atoms with Gasteiger partial charge < -0.3 is 15.2 Å². The number of methoxy groups -OCH3 is 1. The summed E-state index contributed by atoms with van der Waals surface area (Å²) in [5.74, 6) is -0.597. The smallest absolute Gasteiger partial charge is 0.223 e. The summed E-state index contributed by atoms with van der Waals surface area (Å²) in [6, 6.07) is 13.6. The third-order valence-electron chi connectivity index (χ3n) is 3.46. The van der Waals surface area contributed by atoms with Gasteiger partial charge >= 0.3 is 0 Å². The number of aliphatic hydroxyl groups excluding tert-OH is 1. The van der Waals surface area contributed by atoms with E-state index in [-0.39, 0.29) is 31.3 Å². The summed E-state index contributed by atoms with van der Waals surface area (Å²) in [4.78, 5) is 11.9. The monoisotopic (exact) mass is 317 g/mol. The van der Waals surface area contributed by atoms with E-state index in [4.69, 9.17) is 4.74 Å². The highest BCUT2D eigenvalue weighted by Gasteiger charge is 2.12. The van der Waals surface area contributed by atoms with E-state index in [0.717, 1.165) is 5.56 Å². The first-order chi connectivity index (χ1) is 11.1. The van der Waals surface area contributed by atoms with Crippen LogP contribution in [0.1, 0.15) is 29.2 Å². The predicted octanol–water partition coefficient (Wildman–Crippen LogP) is 2.71. The van der Waals surface area contributed by atoms with Crippen molar-refractivity contribution in [3.8, 4) is 0 Å². The molecular formula is C18H20FNO3. The minimum absolute atomic E-state index is 0.0177. The largest absolute Gasteiger partial charge is 0.388 e. The van der Waals surface area contributed by atoms with Crippen LogP contribution in [0.2, 0.25) is 0 Å². The second-order valence-electron chi connectivity index (χ2n) is 5.27. The van der Waals surface area contributed by atoms with Gasteiger partial charge in [0.05, 0.1) is 19.1 Å². The normalized spacial score (nSPS) is 12.0. The number of hydrogen-bond donors (Lipinski definition) is 2. The quantitative estimate of drug-likeness (QED) is 0.825. The molecule has 1 unspecified atom stereocenters. The Labute approximate surface area is 134 Å². The van der Waals surface area contributed by atoms with Gasteiger partial charge in [0, 0.05) is 19.2 Å². The van der Waals surface area contributed by atoms with Crippen LogP contribution in [0.4, 0.5) is 4.39 Å². The molecule has 4 nitrogen and oxygen atoms in total. The summed E-state index contributed by atoms with van der Waals surface area (Å²) in [6.45, 7) is 0.456. The summed E-state index contributed by atoms with van der Waals surface area (Å²) in [5, 5.41) is 12.7. The standard InChI is InChI=1S/C18H20FNO3/c1-23-12-15-9-13(7-8-16(15)19)11-20-18(22)10-17(21)14-5-3-2-4-6-14/h2-9,17,21H,10-12H2,1H3,(H,20,22). The van der Waals surface area contributed by atoms with Gasteiger partial charge in [-0.05, 0) is 23.3 Å². The maximum Gasteiger partial charge on any atom is 0.223 e. The number of ether oxygens (including phenoxy) is 1. The fourth-order valence-electron chi connectivity index (χ4n) is 2.25. The molecule has 122 valence electrons. The Balaban J connectivity index is 1.88. The summed E-state index contributed by atoms with van der Waals surface area (Å²) in [6.07, 6.45) is -0.857. The first-order valence-corrected chi connectivity index (χ1v) is 7.36. The third kappa shape index (κ3) is 5.16. The number of halogens is 1. The van der Waals surface area contributed by atoms with Crippen LogP contribution in [0.5, 0.6) is 0 Å². The van der Waals surface area contributed by atoms with E-state index in [1.165, 1.54) is 13.2 Å². The number of amides is 1. The summed E-state index contributed by atoms with van der Waals surface area (Å²) in [5.41, 5.74) is 1.93. The molecule has 1 atom stereocenters. The van der Waals surface area contributed by atoms with Gasteiger partial charge in [0.25, 0.3) is 0 Å². The van der Waals surface area contributed by atoms with Crippen molar-refractivity contribution in [1.29, 1.82) is 0 Å². The number of rotatable bonds is 7. The molecule has 0 aliphatic heterocycles. The molecule has 0 saturated carbocycles. The van der Waals surface area contributed by atoms with Crippen LogP contribution in [0.15, 0.2) is 48.5 Å². The molecule has 0 heterocycles. The molecule has 0 aliphatic rings. The van der Waals surface area contributed by atoms with E-state index in [0.29, 0.717) is 11.1 Å². The van der Waals surface area contributed by atoms with Crippen LogP contribution < -0.4 is 5.32 Å². The summed E-state index contributed by atoms with van der Waals surface area (Å²) < 4.78 is 18.4. The Morgan fingerprint density at radius 1 is 1.26 bits per heavy atom. The van der Waals surface area contributed by atoms with E-state index in [1.54, 1.807) is 24.3 Å². The third-order valence-corrected chi connectivity index (χ3v) is 3.46. The van der Waals surface area contributed by atoms with E-state index < -0.39 is 6.10 Å². The van der Waals surface area contributed by atoms with E-state index in [2.05, 4.69) is 5.32 Å². The zero-order valence-electron chi connectivity index (χ0n) is 13.0. The molecule has 0 aliphatic carbocycles. The molecule has 23 heavy (non-hydrogen) atoms. The number of nitrogens with one attached hydrogen (secondary N) is 1. The van der Waals surface area contributed by atoms with Crippen molar-refractivity contribution in [1.82, 2.24) is 5.32 Å². The minimum Gasteiger partial charge on any atom is -0.388 e. The minimum atomic E-state index is -0.839. The van der Waals surface area contributed by atoms with E-state index in [1.807, 2.05) is 18.2 Å². The van der Waals surface area contributed by atoms with Gasteiger partial charge in [-0.15, -0.1) is 0 Å². The lowest BCUT2D eigenvalue weighted by Crippen LogP contribution is -2.24. The van der Waals surface area contributed by atoms with Crippen molar-refractivity contribution in [2.75, 3.05) is 7.11 Å². The molecule has 1 amide bonds. The highest BCUT2D eigenvalue weighted by atomic mass is 19.1. The van der Waals surface area contributed by atoms with Gasteiger partial charge in [-0.1, -0.05) is 36.4 Å². The first-order valence-electron chi connectivity index (χ1n) is 7.36. The Kier molecular flexibility index (Phi) is 6.26. The van der Waals surface area contributed by atoms with Crippen LogP contribution in [-0.4, -0.2) is 18.1 Å². The molecule has 0 bridgehead atoms. The van der Waals surface area contributed by atoms with Gasteiger partial charge in [0.2, 0.25) is 5.91 Å². The Hall–Kier alpha value is -2.24. The molecule has 5 heteroatoms. The molecule has 2 aromatic rings. The average molecular weight is 317 g/mol. The lowest BCUT2D eigenvalue weighted by atomic mass is 10.1. The fraction of sp³-hybridized carbons (Fsp3) is 0.278. The van der Waals surface area contributed by atoms with Crippen LogP contribution in [0.25, 0.3) is 0 Å². The molecule has 2 aromatic carbocycles. The topological polar surface area (TPSA) is 58.6 Å². The van der Waals surface area contributed by atoms with Crippen molar-refractivity contribution in [3.05, 3.63) is 71.0 Å². The van der Waals surface area contributed by atoms with Crippen LogP contribution in [0.3, 0.4) is 0 Å². The van der Waals surface area contributed by atoms with Gasteiger partial charge in [-0.3, -0.25) is 4.79 Å². The zero-order valence-corrected chi connectivity index (χ0v) is 13.0. The average Bonchev–Trinajstić information content (AvgIpc) is 2.56. The second kappa shape index (κ2) is 8.41. The molecule has 0 radical (unpaired) electrons. The van der Waals surface area contributed by atoms with Crippen molar-refractivity contribution in [3.63, 3.8) is 0 Å². The maximum atomic E-state index is 13.5. The number of carbonyl (C=O) groups is 1. The predicted molar refractivity (Wildman–Crippen MR) is 85.0 cm³/mol. The fourth-order valence-corrected chi connectivity index (χ4v) is 2.25. The van der Waals surface area contributed by atoms with Crippen LogP contribution in [-0.2, 0) is 22.7 Å². The molecule has 2 N–H and O–H groups in total. The zero-order chi connectivity index (χ0) is 16.7. The van der Waals surface area contributed by atoms with Gasteiger partial charge in [-0.2, -0.15) is 0 Å². The lowest BCUT2D eigenvalue weighted by molar-refractivity contribution is -0.123.